The van der Waals surface area contributed by atoms with Gasteiger partial charge in [-0.15, -0.1) is 0 Å². The quantitative estimate of drug-likeness (QED) is 0.819. The minimum atomic E-state index is -0.316. The van der Waals surface area contributed by atoms with Gasteiger partial charge < -0.3 is 19.3 Å². The summed E-state index contributed by atoms with van der Waals surface area (Å²) in [5.41, 5.74) is -0.209. The van der Waals surface area contributed by atoms with Crippen LogP contribution in [0.25, 0.3) is 0 Å². The number of nitrogens with zero attached hydrogens (tertiary/aromatic N) is 4. The lowest BCUT2D eigenvalue weighted by Gasteiger charge is -2.41. The normalized spacial score (nSPS) is 23.7. The number of ether oxygens (including phenoxy) is 2. The van der Waals surface area contributed by atoms with Crippen LogP contribution in [0, 0.1) is 10.8 Å². The molecule has 0 aromatic carbocycles. The van der Waals surface area contributed by atoms with Crippen LogP contribution >= 0.6 is 0 Å². The zero-order valence-corrected chi connectivity index (χ0v) is 16.5. The van der Waals surface area contributed by atoms with E-state index in [1.54, 1.807) is 20.3 Å². The number of hydrogen-bond acceptors (Lipinski definition) is 6. The summed E-state index contributed by atoms with van der Waals surface area (Å²) in [5.74, 6) is 1.80. The highest BCUT2D eigenvalue weighted by molar-refractivity contribution is 5.85. The number of anilines is 1. The summed E-state index contributed by atoms with van der Waals surface area (Å²) in [7, 11) is 3.15. The van der Waals surface area contributed by atoms with Crippen molar-refractivity contribution in [2.45, 2.75) is 40.0 Å². The Hall–Kier alpha value is -2.05. The highest BCUT2D eigenvalue weighted by Crippen LogP contribution is 2.42. The predicted octanol–water partition coefficient (Wildman–Crippen LogP) is 2.36. The van der Waals surface area contributed by atoms with E-state index in [4.69, 9.17) is 9.47 Å². The van der Waals surface area contributed by atoms with E-state index in [0.717, 1.165) is 38.9 Å². The first-order valence-corrected chi connectivity index (χ1v) is 9.28. The fraction of sp³-hybridized carbons (Fsp3) is 0.737. The van der Waals surface area contributed by atoms with Crippen molar-refractivity contribution in [2.75, 3.05) is 45.3 Å². The Morgan fingerprint density at radius 2 is 1.77 bits per heavy atom. The lowest BCUT2D eigenvalue weighted by Crippen LogP contribution is -2.52. The second kappa shape index (κ2) is 6.93. The molecule has 3 heterocycles. The molecule has 1 spiro atoms. The summed E-state index contributed by atoms with van der Waals surface area (Å²) in [6, 6.07) is 1.66. The topological polar surface area (TPSA) is 67.8 Å². The minimum absolute atomic E-state index is 0.107. The Labute approximate surface area is 155 Å². The van der Waals surface area contributed by atoms with Gasteiger partial charge in [0.15, 0.2) is 0 Å². The molecule has 7 nitrogen and oxygen atoms in total. The molecule has 0 N–H and O–H groups in total. The van der Waals surface area contributed by atoms with Gasteiger partial charge in [0.2, 0.25) is 23.6 Å². The van der Waals surface area contributed by atoms with Crippen LogP contribution in [-0.2, 0) is 4.79 Å². The van der Waals surface area contributed by atoms with Crippen molar-refractivity contribution in [1.82, 2.24) is 14.9 Å². The van der Waals surface area contributed by atoms with Crippen molar-refractivity contribution in [3.63, 3.8) is 0 Å². The monoisotopic (exact) mass is 362 g/mol. The van der Waals surface area contributed by atoms with Gasteiger partial charge in [0, 0.05) is 26.2 Å². The molecule has 0 aliphatic carbocycles. The number of piperidine rings is 1. The first-order chi connectivity index (χ1) is 12.3. The Bertz CT molecular complexity index is 651. The second-order valence-electron chi connectivity index (χ2n) is 8.60. The fourth-order valence-electron chi connectivity index (χ4n) is 4.04. The van der Waals surface area contributed by atoms with Crippen molar-refractivity contribution in [3.8, 4) is 11.8 Å². The maximum Gasteiger partial charge on any atom is 0.232 e. The van der Waals surface area contributed by atoms with Crippen molar-refractivity contribution in [1.29, 1.82) is 0 Å². The molecule has 2 fully saturated rings. The molecule has 2 aliphatic heterocycles. The highest BCUT2D eigenvalue weighted by Gasteiger charge is 2.49. The molecule has 1 aromatic heterocycles. The van der Waals surface area contributed by atoms with E-state index < -0.39 is 0 Å². The number of methoxy groups -OCH3 is 2. The second-order valence-corrected chi connectivity index (χ2v) is 8.60. The summed E-state index contributed by atoms with van der Waals surface area (Å²) in [6.45, 7) is 9.63. The average molecular weight is 362 g/mol. The van der Waals surface area contributed by atoms with Crippen molar-refractivity contribution < 1.29 is 14.3 Å². The van der Waals surface area contributed by atoms with Crippen LogP contribution in [0.3, 0.4) is 0 Å². The molecule has 7 heteroatoms. The first-order valence-electron chi connectivity index (χ1n) is 9.28. The van der Waals surface area contributed by atoms with E-state index in [-0.39, 0.29) is 16.7 Å². The largest absolute Gasteiger partial charge is 0.481 e. The van der Waals surface area contributed by atoms with Gasteiger partial charge >= 0.3 is 0 Å². The third kappa shape index (κ3) is 3.71. The van der Waals surface area contributed by atoms with Crippen molar-refractivity contribution in [2.24, 2.45) is 10.8 Å². The van der Waals surface area contributed by atoms with E-state index in [1.807, 2.05) is 0 Å². The van der Waals surface area contributed by atoms with Gasteiger partial charge in [-0.3, -0.25) is 4.79 Å². The molecule has 144 valence electrons. The molecule has 2 aliphatic rings. The van der Waals surface area contributed by atoms with Crippen LogP contribution in [0.15, 0.2) is 6.07 Å². The molecule has 0 radical (unpaired) electrons. The van der Waals surface area contributed by atoms with Crippen LogP contribution < -0.4 is 14.4 Å². The summed E-state index contributed by atoms with van der Waals surface area (Å²) in [5, 5.41) is 0. The van der Waals surface area contributed by atoms with Gasteiger partial charge in [0.1, 0.15) is 0 Å². The van der Waals surface area contributed by atoms with Gasteiger partial charge in [0.25, 0.3) is 0 Å². The zero-order chi connectivity index (χ0) is 18.9. The number of aromatic nitrogens is 2. The Balaban J connectivity index is 1.80. The fourth-order valence-corrected chi connectivity index (χ4v) is 4.04. The SMILES string of the molecule is COc1cc(OC)nc(N2CC[C@]3(CCCN(CC(C)(C)C)C3=O)C2)n1. The molecular formula is C19H30N4O3. The van der Waals surface area contributed by atoms with Gasteiger partial charge in [-0.25, -0.2) is 0 Å². The van der Waals surface area contributed by atoms with Crippen LogP contribution in [0.1, 0.15) is 40.0 Å². The minimum Gasteiger partial charge on any atom is -0.481 e. The van der Waals surface area contributed by atoms with Gasteiger partial charge in [-0.1, -0.05) is 20.8 Å². The van der Waals surface area contributed by atoms with Gasteiger partial charge in [-0.2, -0.15) is 9.97 Å². The molecule has 1 atom stereocenters. The molecule has 0 unspecified atom stereocenters. The number of amides is 1. The van der Waals surface area contributed by atoms with Crippen molar-refractivity contribution >= 4 is 11.9 Å². The average Bonchev–Trinajstić information content (AvgIpc) is 3.02. The summed E-state index contributed by atoms with van der Waals surface area (Å²) < 4.78 is 10.5. The van der Waals surface area contributed by atoms with E-state index in [2.05, 4.69) is 40.5 Å². The van der Waals surface area contributed by atoms with E-state index in [9.17, 15) is 4.79 Å². The van der Waals surface area contributed by atoms with E-state index >= 15 is 0 Å². The van der Waals surface area contributed by atoms with E-state index in [0.29, 0.717) is 24.3 Å². The predicted molar refractivity (Wildman–Crippen MR) is 99.7 cm³/mol. The number of rotatable bonds is 4. The summed E-state index contributed by atoms with van der Waals surface area (Å²) in [6.07, 6.45) is 2.83. The maximum atomic E-state index is 13.3. The van der Waals surface area contributed by atoms with Crippen LogP contribution in [-0.4, -0.2) is 61.2 Å². The number of hydrogen-bond donors (Lipinski definition) is 0. The molecule has 0 saturated carbocycles. The van der Waals surface area contributed by atoms with Crippen LogP contribution in [0.5, 0.6) is 11.8 Å². The van der Waals surface area contributed by atoms with E-state index in [1.165, 1.54) is 0 Å². The molecule has 3 rings (SSSR count). The highest BCUT2D eigenvalue weighted by atomic mass is 16.5. The molecule has 26 heavy (non-hydrogen) atoms. The Morgan fingerprint density at radius 3 is 2.35 bits per heavy atom. The molecule has 2 saturated heterocycles. The molecule has 1 aromatic rings. The Kier molecular flexibility index (Phi) is 4.99. The molecule has 0 bridgehead atoms. The van der Waals surface area contributed by atoms with Crippen LogP contribution in [0.4, 0.5) is 5.95 Å². The Morgan fingerprint density at radius 1 is 1.12 bits per heavy atom. The molecule has 1 amide bonds. The molecular weight excluding hydrogens is 332 g/mol. The summed E-state index contributed by atoms with van der Waals surface area (Å²) in [4.78, 5) is 26.3. The van der Waals surface area contributed by atoms with Gasteiger partial charge in [-0.05, 0) is 24.7 Å². The van der Waals surface area contributed by atoms with Crippen molar-refractivity contribution in [3.05, 3.63) is 6.07 Å². The first kappa shape index (κ1) is 18.7. The standard InChI is InChI=1S/C19H30N4O3/c1-18(2,3)12-22-9-6-7-19(16(22)24)8-10-23(13-19)17-20-14(25-4)11-15(21-17)26-5/h11H,6-10,12-13H2,1-5H3/t19-/m1/s1. The maximum absolute atomic E-state index is 13.3. The number of carbonyl (C=O) groups excluding carboxylic acids is 1. The summed E-state index contributed by atoms with van der Waals surface area (Å²) >= 11 is 0. The lowest BCUT2D eigenvalue weighted by molar-refractivity contribution is -0.146. The lowest BCUT2D eigenvalue weighted by atomic mass is 9.77. The number of carbonyl (C=O) groups is 1. The third-order valence-electron chi connectivity index (χ3n) is 5.21. The number of likely N-dealkylation sites (tertiary alicyclic amines) is 1. The van der Waals surface area contributed by atoms with Gasteiger partial charge in [0.05, 0.1) is 25.7 Å². The third-order valence-corrected chi connectivity index (χ3v) is 5.21. The van der Waals surface area contributed by atoms with Crippen LogP contribution in [0.2, 0.25) is 0 Å². The smallest absolute Gasteiger partial charge is 0.232 e. The zero-order valence-electron chi connectivity index (χ0n) is 16.5.